The van der Waals surface area contributed by atoms with Gasteiger partial charge >= 0.3 is 6.09 Å². The van der Waals surface area contributed by atoms with E-state index in [1.165, 1.54) is 10.5 Å². The van der Waals surface area contributed by atoms with Gasteiger partial charge in [0.1, 0.15) is 11.6 Å². The summed E-state index contributed by atoms with van der Waals surface area (Å²) in [5.74, 6) is -0.316. The molecule has 7 heteroatoms. The molecule has 0 saturated heterocycles. The first-order chi connectivity index (χ1) is 15.5. The standard InChI is InChI=1S/C26H33N3O4/c1-17(2)18-10-12-21(13-11-18)28-23(30)15-27-24(31)22-14-19-8-6-7-9-20(19)16-29(22)25(32)33-26(3,4)5/h6-13,17,22H,14-16H2,1-5H3,(H,27,31)(H,28,30)/t22-/m0/s1. The Morgan fingerprint density at radius 1 is 1.03 bits per heavy atom. The van der Waals surface area contributed by atoms with Crippen LogP contribution in [-0.2, 0) is 27.3 Å². The van der Waals surface area contributed by atoms with Gasteiger partial charge in [-0.25, -0.2) is 4.79 Å². The minimum atomic E-state index is -0.757. The smallest absolute Gasteiger partial charge is 0.411 e. The van der Waals surface area contributed by atoms with Crippen LogP contribution in [0.1, 0.15) is 57.2 Å². The van der Waals surface area contributed by atoms with E-state index in [9.17, 15) is 14.4 Å². The number of hydrogen-bond donors (Lipinski definition) is 2. The molecule has 1 heterocycles. The third-order valence-electron chi connectivity index (χ3n) is 5.46. The number of nitrogens with one attached hydrogen (secondary N) is 2. The number of carbonyl (C=O) groups is 3. The van der Waals surface area contributed by atoms with Crippen LogP contribution in [0.15, 0.2) is 48.5 Å². The predicted octanol–water partition coefficient (Wildman–Crippen LogP) is 4.23. The minimum Gasteiger partial charge on any atom is -0.444 e. The monoisotopic (exact) mass is 451 g/mol. The molecule has 176 valence electrons. The van der Waals surface area contributed by atoms with Crippen LogP contribution in [0, 0.1) is 0 Å². The lowest BCUT2D eigenvalue weighted by atomic mass is 9.94. The lowest BCUT2D eigenvalue weighted by Crippen LogP contribution is -2.54. The average Bonchev–Trinajstić information content (AvgIpc) is 2.75. The molecule has 0 aliphatic carbocycles. The first-order valence-electron chi connectivity index (χ1n) is 11.3. The van der Waals surface area contributed by atoms with Crippen molar-refractivity contribution in [2.45, 2.75) is 65.1 Å². The quantitative estimate of drug-likeness (QED) is 0.712. The largest absolute Gasteiger partial charge is 0.444 e. The normalized spacial score (nSPS) is 15.6. The van der Waals surface area contributed by atoms with E-state index in [1.807, 2.05) is 48.5 Å². The molecule has 1 aliphatic rings. The van der Waals surface area contributed by atoms with Crippen LogP contribution in [0.4, 0.5) is 10.5 Å². The van der Waals surface area contributed by atoms with Crippen molar-refractivity contribution in [1.82, 2.24) is 10.2 Å². The maximum atomic E-state index is 13.0. The van der Waals surface area contributed by atoms with Gasteiger partial charge in [0, 0.05) is 12.1 Å². The molecule has 0 spiro atoms. The number of fused-ring (bicyclic) bond motifs is 1. The first-order valence-corrected chi connectivity index (χ1v) is 11.3. The number of rotatable bonds is 5. The summed E-state index contributed by atoms with van der Waals surface area (Å²) in [6, 6.07) is 14.6. The molecule has 0 fully saturated rings. The molecule has 0 radical (unpaired) electrons. The maximum Gasteiger partial charge on any atom is 0.411 e. The third-order valence-corrected chi connectivity index (χ3v) is 5.46. The van der Waals surface area contributed by atoms with E-state index < -0.39 is 17.7 Å². The summed E-state index contributed by atoms with van der Waals surface area (Å²) in [6.07, 6.45) is -0.189. The molecule has 7 nitrogen and oxygen atoms in total. The molecule has 0 saturated carbocycles. The number of hydrogen-bond acceptors (Lipinski definition) is 4. The number of amides is 3. The van der Waals surface area contributed by atoms with Gasteiger partial charge in [-0.15, -0.1) is 0 Å². The van der Waals surface area contributed by atoms with Crippen LogP contribution in [0.3, 0.4) is 0 Å². The van der Waals surface area contributed by atoms with Crippen LogP contribution < -0.4 is 10.6 Å². The Balaban J connectivity index is 1.65. The zero-order valence-electron chi connectivity index (χ0n) is 20.0. The zero-order chi connectivity index (χ0) is 24.2. The second kappa shape index (κ2) is 10.1. The topological polar surface area (TPSA) is 87.7 Å². The Labute approximate surface area is 195 Å². The second-order valence-electron chi connectivity index (χ2n) is 9.64. The van der Waals surface area contributed by atoms with Gasteiger partial charge in [0.05, 0.1) is 13.1 Å². The molecule has 3 rings (SSSR count). The van der Waals surface area contributed by atoms with Crippen LogP contribution in [0.2, 0.25) is 0 Å². The number of nitrogens with zero attached hydrogens (tertiary/aromatic N) is 1. The Hall–Kier alpha value is -3.35. The van der Waals surface area contributed by atoms with Crippen molar-refractivity contribution in [2.24, 2.45) is 0 Å². The number of ether oxygens (including phenoxy) is 1. The summed E-state index contributed by atoms with van der Waals surface area (Å²) in [5.41, 5.74) is 3.16. The van der Waals surface area contributed by atoms with Gasteiger partial charge in [0.25, 0.3) is 0 Å². The molecule has 1 aliphatic heterocycles. The fraction of sp³-hybridized carbons (Fsp3) is 0.423. The molecule has 2 N–H and O–H groups in total. The molecule has 0 aromatic heterocycles. The zero-order valence-corrected chi connectivity index (χ0v) is 20.0. The molecular weight excluding hydrogens is 418 g/mol. The SMILES string of the molecule is CC(C)c1ccc(NC(=O)CNC(=O)[C@@H]2Cc3ccccc3CN2C(=O)OC(C)(C)C)cc1. The van der Waals surface area contributed by atoms with Crippen LogP contribution in [0.25, 0.3) is 0 Å². The van der Waals surface area contributed by atoms with Crippen molar-refractivity contribution in [3.05, 3.63) is 65.2 Å². The predicted molar refractivity (Wildman–Crippen MR) is 128 cm³/mol. The summed E-state index contributed by atoms with van der Waals surface area (Å²) in [7, 11) is 0. The first kappa shape index (κ1) is 24.3. The lowest BCUT2D eigenvalue weighted by Gasteiger charge is -2.36. The fourth-order valence-corrected chi connectivity index (χ4v) is 3.71. The Morgan fingerprint density at radius 3 is 2.27 bits per heavy atom. The van der Waals surface area contributed by atoms with Crippen molar-refractivity contribution < 1.29 is 19.1 Å². The van der Waals surface area contributed by atoms with Crippen LogP contribution in [0.5, 0.6) is 0 Å². The van der Waals surface area contributed by atoms with Gasteiger partial charge in [-0.05, 0) is 55.5 Å². The van der Waals surface area contributed by atoms with Gasteiger partial charge in [0.2, 0.25) is 11.8 Å². The highest BCUT2D eigenvalue weighted by Gasteiger charge is 2.37. The van der Waals surface area contributed by atoms with Crippen molar-refractivity contribution in [3.63, 3.8) is 0 Å². The van der Waals surface area contributed by atoms with Crippen LogP contribution in [-0.4, -0.2) is 41.0 Å². The molecular formula is C26H33N3O4. The lowest BCUT2D eigenvalue weighted by molar-refractivity contribution is -0.128. The molecule has 33 heavy (non-hydrogen) atoms. The Bertz CT molecular complexity index is 1010. The molecule has 2 aromatic carbocycles. The van der Waals surface area contributed by atoms with E-state index in [1.54, 1.807) is 20.8 Å². The highest BCUT2D eigenvalue weighted by Crippen LogP contribution is 2.25. The summed E-state index contributed by atoms with van der Waals surface area (Å²) in [5, 5.41) is 5.47. The summed E-state index contributed by atoms with van der Waals surface area (Å²) >= 11 is 0. The highest BCUT2D eigenvalue weighted by atomic mass is 16.6. The van der Waals surface area contributed by atoms with E-state index in [4.69, 9.17) is 4.74 Å². The number of benzene rings is 2. The number of carbonyl (C=O) groups excluding carboxylic acids is 3. The van der Waals surface area contributed by atoms with Gasteiger partial charge in [-0.2, -0.15) is 0 Å². The highest BCUT2D eigenvalue weighted by molar-refractivity contribution is 5.96. The summed E-state index contributed by atoms with van der Waals surface area (Å²) in [4.78, 5) is 39.7. The van der Waals surface area contributed by atoms with Crippen molar-refractivity contribution in [2.75, 3.05) is 11.9 Å². The van der Waals surface area contributed by atoms with Gasteiger partial charge in [-0.1, -0.05) is 50.2 Å². The molecule has 3 amide bonds. The van der Waals surface area contributed by atoms with Crippen molar-refractivity contribution in [3.8, 4) is 0 Å². The Kier molecular flexibility index (Phi) is 7.41. The van der Waals surface area contributed by atoms with Gasteiger partial charge in [-0.3, -0.25) is 14.5 Å². The summed E-state index contributed by atoms with van der Waals surface area (Å²) < 4.78 is 5.53. The van der Waals surface area contributed by atoms with E-state index in [0.717, 1.165) is 11.1 Å². The van der Waals surface area contributed by atoms with E-state index in [2.05, 4.69) is 24.5 Å². The maximum absolute atomic E-state index is 13.0. The van der Waals surface area contributed by atoms with Crippen molar-refractivity contribution >= 4 is 23.6 Å². The van der Waals surface area contributed by atoms with Gasteiger partial charge < -0.3 is 15.4 Å². The van der Waals surface area contributed by atoms with E-state index in [-0.39, 0.29) is 24.9 Å². The van der Waals surface area contributed by atoms with Crippen LogP contribution >= 0.6 is 0 Å². The minimum absolute atomic E-state index is 0.189. The fourth-order valence-electron chi connectivity index (χ4n) is 3.71. The average molecular weight is 452 g/mol. The summed E-state index contributed by atoms with van der Waals surface area (Å²) in [6.45, 7) is 9.66. The molecule has 1 atom stereocenters. The third kappa shape index (κ3) is 6.57. The number of anilines is 1. The van der Waals surface area contributed by atoms with Crippen molar-refractivity contribution in [1.29, 1.82) is 0 Å². The molecule has 0 bridgehead atoms. The second-order valence-corrected chi connectivity index (χ2v) is 9.64. The van der Waals surface area contributed by atoms with E-state index in [0.29, 0.717) is 18.0 Å². The van der Waals surface area contributed by atoms with E-state index >= 15 is 0 Å². The molecule has 2 aromatic rings. The van der Waals surface area contributed by atoms with Gasteiger partial charge in [0.15, 0.2) is 0 Å². The Morgan fingerprint density at radius 2 is 1.67 bits per heavy atom. The molecule has 0 unspecified atom stereocenters.